The normalized spacial score (nSPS) is 39.4. The van der Waals surface area contributed by atoms with Crippen molar-refractivity contribution in [1.29, 1.82) is 0 Å². The van der Waals surface area contributed by atoms with Gasteiger partial charge in [-0.05, 0) is 19.9 Å². The summed E-state index contributed by atoms with van der Waals surface area (Å²) in [5.74, 6) is 0.0168. The molecule has 0 aromatic rings. The number of piperidine rings is 1. The summed E-state index contributed by atoms with van der Waals surface area (Å²) in [7, 11) is 1.99. The van der Waals surface area contributed by atoms with Crippen LogP contribution in [-0.2, 0) is 4.79 Å². The summed E-state index contributed by atoms with van der Waals surface area (Å²) >= 11 is 0. The van der Waals surface area contributed by atoms with Gasteiger partial charge in [0.25, 0.3) is 0 Å². The number of hydrogen-bond acceptors (Lipinski definition) is 4. The summed E-state index contributed by atoms with van der Waals surface area (Å²) in [4.78, 5) is 13.4. The number of ketones is 1. The third-order valence-electron chi connectivity index (χ3n) is 2.97. The second-order valence-corrected chi connectivity index (χ2v) is 3.52. The molecule has 0 saturated carbocycles. The number of carbonyl (C=O) groups is 1. The van der Waals surface area contributed by atoms with E-state index in [2.05, 4.69) is 10.1 Å². The van der Waals surface area contributed by atoms with Gasteiger partial charge < -0.3 is 5.21 Å². The molecule has 12 heavy (non-hydrogen) atoms. The van der Waals surface area contributed by atoms with E-state index in [1.165, 1.54) is 0 Å². The molecule has 0 radical (unpaired) electrons. The van der Waals surface area contributed by atoms with Crippen molar-refractivity contribution in [3.05, 3.63) is 0 Å². The molecule has 2 saturated heterocycles. The Labute approximate surface area is 70.8 Å². The maximum atomic E-state index is 11.3. The second kappa shape index (κ2) is 2.55. The van der Waals surface area contributed by atoms with E-state index in [1.54, 1.807) is 0 Å². The molecule has 2 fully saturated rings. The van der Waals surface area contributed by atoms with Crippen LogP contribution in [0.2, 0.25) is 0 Å². The van der Waals surface area contributed by atoms with Gasteiger partial charge in [0.1, 0.15) is 5.71 Å². The van der Waals surface area contributed by atoms with Crippen molar-refractivity contribution in [2.24, 2.45) is 5.16 Å². The monoisotopic (exact) mass is 168 g/mol. The molecule has 2 atom stereocenters. The molecule has 2 aliphatic heterocycles. The van der Waals surface area contributed by atoms with Gasteiger partial charge in [-0.25, -0.2) is 0 Å². The highest BCUT2D eigenvalue weighted by atomic mass is 16.4. The van der Waals surface area contributed by atoms with Crippen LogP contribution in [0.1, 0.15) is 19.3 Å². The zero-order chi connectivity index (χ0) is 8.72. The fourth-order valence-corrected chi connectivity index (χ4v) is 2.21. The van der Waals surface area contributed by atoms with E-state index >= 15 is 0 Å². The molecule has 2 unspecified atom stereocenters. The number of rotatable bonds is 0. The molecule has 1 N–H and O–H groups in total. The van der Waals surface area contributed by atoms with Crippen molar-refractivity contribution in [1.82, 2.24) is 4.90 Å². The van der Waals surface area contributed by atoms with E-state index < -0.39 is 0 Å². The lowest BCUT2D eigenvalue weighted by atomic mass is 10.0. The first kappa shape index (κ1) is 7.73. The van der Waals surface area contributed by atoms with E-state index in [-0.39, 0.29) is 11.8 Å². The molecule has 0 aliphatic carbocycles. The van der Waals surface area contributed by atoms with Crippen LogP contribution in [-0.4, -0.2) is 40.7 Å². The van der Waals surface area contributed by atoms with E-state index in [0.717, 1.165) is 12.8 Å². The third kappa shape index (κ3) is 0.876. The first-order valence-corrected chi connectivity index (χ1v) is 4.21. The minimum Gasteiger partial charge on any atom is -0.410 e. The molecule has 0 aromatic heterocycles. The number of oxime groups is 1. The zero-order valence-electron chi connectivity index (χ0n) is 7.03. The van der Waals surface area contributed by atoms with Gasteiger partial charge in [-0.15, -0.1) is 0 Å². The van der Waals surface area contributed by atoms with Gasteiger partial charge in [-0.1, -0.05) is 5.16 Å². The Balaban J connectivity index is 2.32. The smallest absolute Gasteiger partial charge is 0.183 e. The SMILES string of the molecule is CN1C2CCC1/C(=N/O)C(=O)C2. The summed E-state index contributed by atoms with van der Waals surface area (Å²) in [6.07, 6.45) is 2.52. The fraction of sp³-hybridized carbons (Fsp3) is 0.750. The van der Waals surface area contributed by atoms with E-state index in [0.29, 0.717) is 18.2 Å². The summed E-state index contributed by atoms with van der Waals surface area (Å²) in [5.41, 5.74) is 0.353. The molecule has 0 spiro atoms. The topological polar surface area (TPSA) is 52.9 Å². The van der Waals surface area contributed by atoms with Crippen LogP contribution < -0.4 is 0 Å². The van der Waals surface area contributed by atoms with Gasteiger partial charge in [0.15, 0.2) is 5.78 Å². The predicted octanol–water partition coefficient (Wildman–Crippen LogP) is 0.252. The van der Waals surface area contributed by atoms with Crippen molar-refractivity contribution < 1.29 is 10.0 Å². The maximum Gasteiger partial charge on any atom is 0.183 e. The van der Waals surface area contributed by atoms with E-state index in [1.807, 2.05) is 7.05 Å². The molecule has 4 nitrogen and oxygen atoms in total. The highest BCUT2D eigenvalue weighted by molar-refractivity contribution is 6.42. The average Bonchev–Trinajstić information content (AvgIpc) is 2.34. The molecule has 2 bridgehead atoms. The van der Waals surface area contributed by atoms with Crippen molar-refractivity contribution in [3.63, 3.8) is 0 Å². The number of nitrogens with zero attached hydrogens (tertiary/aromatic N) is 2. The molecule has 4 heteroatoms. The van der Waals surface area contributed by atoms with E-state index in [9.17, 15) is 4.79 Å². The van der Waals surface area contributed by atoms with Crippen molar-refractivity contribution in [2.45, 2.75) is 31.3 Å². The third-order valence-corrected chi connectivity index (χ3v) is 2.97. The summed E-state index contributed by atoms with van der Waals surface area (Å²) in [6, 6.07) is 0.453. The Hall–Kier alpha value is -0.900. The molecule has 66 valence electrons. The fourth-order valence-electron chi connectivity index (χ4n) is 2.21. The molecular weight excluding hydrogens is 156 g/mol. The van der Waals surface area contributed by atoms with Crippen LogP contribution in [0.3, 0.4) is 0 Å². The Morgan fingerprint density at radius 1 is 1.58 bits per heavy atom. The molecule has 2 aliphatic rings. The number of hydrogen-bond donors (Lipinski definition) is 1. The lowest BCUT2D eigenvalue weighted by Gasteiger charge is -2.30. The number of Topliss-reactive ketones (excluding diaryl/α,β-unsaturated/α-hetero) is 1. The quantitative estimate of drug-likeness (QED) is 0.416. The second-order valence-electron chi connectivity index (χ2n) is 3.52. The van der Waals surface area contributed by atoms with Gasteiger partial charge in [-0.3, -0.25) is 9.69 Å². The van der Waals surface area contributed by atoms with Crippen molar-refractivity contribution in [3.8, 4) is 0 Å². The zero-order valence-corrected chi connectivity index (χ0v) is 7.03. The lowest BCUT2D eigenvalue weighted by Crippen LogP contribution is -2.47. The minimum absolute atomic E-state index is 0.0168. The van der Waals surface area contributed by atoms with Crippen LogP contribution in [0.5, 0.6) is 0 Å². The van der Waals surface area contributed by atoms with Gasteiger partial charge in [0.05, 0.1) is 6.04 Å². The van der Waals surface area contributed by atoms with Crippen LogP contribution in [0, 0.1) is 0 Å². The van der Waals surface area contributed by atoms with E-state index in [4.69, 9.17) is 5.21 Å². The number of carbonyl (C=O) groups excluding carboxylic acids is 1. The molecule has 2 rings (SSSR count). The Bertz CT molecular complexity index is 249. The molecule has 0 aromatic carbocycles. The van der Waals surface area contributed by atoms with Crippen molar-refractivity contribution >= 4 is 11.5 Å². The molecule has 2 heterocycles. The highest BCUT2D eigenvalue weighted by Crippen LogP contribution is 2.30. The van der Waals surface area contributed by atoms with Crippen LogP contribution in [0.15, 0.2) is 5.16 Å². The minimum atomic E-state index is 0.0168. The standard InChI is InChI=1S/C8H12N2O2/c1-10-5-2-3-6(10)8(9-12)7(11)4-5/h5-6,12H,2-4H2,1H3/b9-8-. The first-order chi connectivity index (χ1) is 5.74. The Morgan fingerprint density at radius 2 is 2.33 bits per heavy atom. The van der Waals surface area contributed by atoms with Crippen LogP contribution in [0.25, 0.3) is 0 Å². The Morgan fingerprint density at radius 3 is 3.00 bits per heavy atom. The number of fused-ring (bicyclic) bond motifs is 2. The Kier molecular flexibility index (Phi) is 1.65. The highest BCUT2D eigenvalue weighted by Gasteiger charge is 2.42. The van der Waals surface area contributed by atoms with Crippen LogP contribution >= 0.6 is 0 Å². The van der Waals surface area contributed by atoms with Gasteiger partial charge in [-0.2, -0.15) is 0 Å². The average molecular weight is 168 g/mol. The largest absolute Gasteiger partial charge is 0.410 e. The van der Waals surface area contributed by atoms with Crippen LogP contribution in [0.4, 0.5) is 0 Å². The van der Waals surface area contributed by atoms with Crippen molar-refractivity contribution in [2.75, 3.05) is 7.05 Å². The lowest BCUT2D eigenvalue weighted by molar-refractivity contribution is -0.115. The maximum absolute atomic E-state index is 11.3. The summed E-state index contributed by atoms with van der Waals surface area (Å²) < 4.78 is 0. The molecule has 0 amide bonds. The molecular formula is C8H12N2O2. The summed E-state index contributed by atoms with van der Waals surface area (Å²) in [5, 5.41) is 11.7. The van der Waals surface area contributed by atoms with Gasteiger partial charge >= 0.3 is 0 Å². The van der Waals surface area contributed by atoms with Gasteiger partial charge in [0, 0.05) is 12.5 Å². The predicted molar refractivity (Wildman–Crippen MR) is 43.4 cm³/mol. The van der Waals surface area contributed by atoms with Gasteiger partial charge in [0.2, 0.25) is 0 Å². The first-order valence-electron chi connectivity index (χ1n) is 4.21. The summed E-state index contributed by atoms with van der Waals surface area (Å²) in [6.45, 7) is 0.